The van der Waals surface area contributed by atoms with Gasteiger partial charge in [-0.2, -0.15) is 0 Å². The number of nitrogens with one attached hydrogen (secondary N) is 1. The van der Waals surface area contributed by atoms with Crippen LogP contribution in [0.2, 0.25) is 0 Å². The molecule has 23 heteroatoms. The second-order valence-electron chi connectivity index (χ2n) is 21.0. The molecule has 5 aliphatic carbocycles. The summed E-state index contributed by atoms with van der Waals surface area (Å²) in [4.78, 5) is 52.4. The van der Waals surface area contributed by atoms with Gasteiger partial charge in [0.2, 0.25) is 5.91 Å². The van der Waals surface area contributed by atoms with Gasteiger partial charge in [0.1, 0.15) is 72.7 Å². The summed E-state index contributed by atoms with van der Waals surface area (Å²) in [5.41, 5.74) is 21.9. The molecule has 0 aromatic carbocycles. The molecule has 0 bridgehead atoms. The zero-order valence-corrected chi connectivity index (χ0v) is 39.7. The van der Waals surface area contributed by atoms with E-state index in [-0.39, 0.29) is 93.8 Å². The van der Waals surface area contributed by atoms with E-state index in [1.807, 2.05) is 13.0 Å². The summed E-state index contributed by atoms with van der Waals surface area (Å²) in [5.74, 6) is -2.26. The molecule has 7 aliphatic rings. The number of allylic oxidation sites excluding steroid dienone is 4. The Labute approximate surface area is 405 Å². The summed E-state index contributed by atoms with van der Waals surface area (Å²) in [5, 5.41) is 102. The van der Waals surface area contributed by atoms with E-state index in [2.05, 4.69) is 12.2 Å². The molecule has 1 amide bonds. The predicted molar refractivity (Wildman–Crippen MR) is 242 cm³/mol. The number of aliphatic hydroxyl groups is 9. The highest BCUT2D eigenvalue weighted by Gasteiger charge is 2.68. The fourth-order valence-electron chi connectivity index (χ4n) is 13.0. The van der Waals surface area contributed by atoms with E-state index in [9.17, 15) is 65.1 Å². The lowest BCUT2D eigenvalue weighted by Crippen LogP contribution is -2.69. The molecule has 4 saturated carbocycles. The topological polar surface area (TPSA) is 413 Å². The van der Waals surface area contributed by atoms with Crippen molar-refractivity contribution in [2.45, 2.75) is 194 Å². The first kappa shape index (κ1) is 54.8. The van der Waals surface area contributed by atoms with Crippen molar-refractivity contribution < 1.29 is 88.8 Å². The molecule has 3 unspecified atom stereocenters. The van der Waals surface area contributed by atoms with Gasteiger partial charge < -0.3 is 97.9 Å². The van der Waals surface area contributed by atoms with Gasteiger partial charge in [-0.15, -0.1) is 0 Å². The Morgan fingerprint density at radius 1 is 0.886 bits per heavy atom. The maximum absolute atomic E-state index is 13.9. The van der Waals surface area contributed by atoms with Crippen LogP contribution in [0.5, 0.6) is 0 Å². The van der Waals surface area contributed by atoms with E-state index in [1.165, 1.54) is 0 Å². The lowest BCUT2D eigenvalue weighted by atomic mass is 9.46. The summed E-state index contributed by atoms with van der Waals surface area (Å²) in [6, 6.07) is -3.79. The number of amides is 1. The van der Waals surface area contributed by atoms with Gasteiger partial charge in [-0.25, -0.2) is 0 Å². The third-order valence-corrected chi connectivity index (χ3v) is 16.9. The third-order valence-electron chi connectivity index (χ3n) is 16.9. The Hall–Kier alpha value is -2.92. The second-order valence-corrected chi connectivity index (χ2v) is 21.0. The molecule has 0 spiro atoms. The van der Waals surface area contributed by atoms with Gasteiger partial charge in [-0.3, -0.25) is 19.2 Å². The van der Waals surface area contributed by atoms with Crippen LogP contribution in [0.1, 0.15) is 84.5 Å². The number of esters is 1. The van der Waals surface area contributed by atoms with Gasteiger partial charge in [0.25, 0.3) is 0 Å². The summed E-state index contributed by atoms with van der Waals surface area (Å²) >= 11 is 0. The summed E-state index contributed by atoms with van der Waals surface area (Å²) in [6.07, 6.45) is -14.1. The Morgan fingerprint density at radius 2 is 1.56 bits per heavy atom. The first-order valence-corrected chi connectivity index (χ1v) is 24.6. The van der Waals surface area contributed by atoms with Gasteiger partial charge in [-0.1, -0.05) is 25.5 Å². The number of fused-ring (bicyclic) bond motifs is 5. The van der Waals surface area contributed by atoms with Crippen LogP contribution in [-0.4, -0.2) is 199 Å². The van der Waals surface area contributed by atoms with Crippen molar-refractivity contribution in [2.75, 3.05) is 19.7 Å². The number of carbonyl (C=O) groups excluding carboxylic acids is 4. The molecular weight excluding hydrogens is 923 g/mol. The monoisotopic (exact) mass is 998 g/mol. The number of ether oxygens (including phenoxy) is 5. The Balaban J connectivity index is 0.951. The molecular formula is C47H75N5O18. The number of nitrogens with two attached hydrogens (primary N) is 4. The highest BCUT2D eigenvalue weighted by Crippen LogP contribution is 2.67. The lowest BCUT2D eigenvalue weighted by molar-refractivity contribution is -0.333. The van der Waals surface area contributed by atoms with E-state index in [0.717, 1.165) is 12.0 Å². The molecule has 2 aliphatic heterocycles. The zero-order valence-electron chi connectivity index (χ0n) is 39.7. The van der Waals surface area contributed by atoms with Crippen LogP contribution in [0, 0.1) is 28.6 Å². The van der Waals surface area contributed by atoms with E-state index in [1.54, 1.807) is 12.2 Å². The van der Waals surface area contributed by atoms with Crippen molar-refractivity contribution in [1.29, 1.82) is 0 Å². The first-order chi connectivity index (χ1) is 33.0. The normalized spacial score (nSPS) is 46.2. The smallest absolute Gasteiger partial charge is 0.306 e. The third kappa shape index (κ3) is 10.2. The highest BCUT2D eigenvalue weighted by atomic mass is 16.7. The quantitative estimate of drug-likeness (QED) is 0.0481. The molecule has 2 saturated heterocycles. The number of unbranched alkanes of at least 4 members (excludes halogenated alkanes) is 1. The van der Waals surface area contributed by atoms with Crippen molar-refractivity contribution >= 4 is 23.4 Å². The van der Waals surface area contributed by atoms with Gasteiger partial charge in [0.05, 0.1) is 24.8 Å². The van der Waals surface area contributed by atoms with Gasteiger partial charge in [0, 0.05) is 42.2 Å². The van der Waals surface area contributed by atoms with E-state index < -0.39 is 139 Å². The van der Waals surface area contributed by atoms with E-state index in [4.69, 9.17) is 46.6 Å². The largest absolute Gasteiger partial charge is 0.458 e. The number of aliphatic hydroxyl groups excluding tert-OH is 8. The summed E-state index contributed by atoms with van der Waals surface area (Å²) < 4.78 is 29.0. The number of hydrogen-bond acceptors (Lipinski definition) is 22. The fourth-order valence-corrected chi connectivity index (χ4v) is 13.0. The van der Waals surface area contributed by atoms with Crippen LogP contribution in [0.4, 0.5) is 0 Å². The highest BCUT2D eigenvalue weighted by molar-refractivity contribution is 6.01. The standard InChI is InChI=1S/C47H75N5O18/c1-45-12-9-21(54)15-20(45)7-8-22-23-10-13-47(65,46(23,2)17-27(56)32(22)45)30(57)5-3-4-6-31(58)68-41-29(19-53)67-43(35(60)33(41)51)70-40-25(52-42(64)26(55)11-14-48)16-24(50)39(38(40)63)69-44-37(62)36(61)34(59)28(18-49)66-44/h9,12,15,22-29,32-41,43-44,53,55-56,59-63,65H,3-8,10-11,13-14,16-19,48-51H2,1-2H3,(H,52,64)/t22?,23?,24-,25+,26-,27-,28+,29+,32?,33+,34+,35+,36-,37+,38-,39+,40-,41+,43+,44+,45-,46-,47-/m0/s1. The molecule has 0 radical (unpaired) electrons. The molecule has 23 nitrogen and oxygen atoms in total. The lowest BCUT2D eigenvalue weighted by Gasteiger charge is -2.59. The molecule has 23 atom stereocenters. The van der Waals surface area contributed by atoms with Crippen LogP contribution in [0.25, 0.3) is 0 Å². The maximum Gasteiger partial charge on any atom is 0.306 e. The van der Waals surface area contributed by atoms with Crippen LogP contribution in [-0.2, 0) is 42.9 Å². The van der Waals surface area contributed by atoms with Crippen LogP contribution >= 0.6 is 0 Å². The van der Waals surface area contributed by atoms with Crippen molar-refractivity contribution in [3.05, 3.63) is 23.8 Å². The number of rotatable bonds is 17. The molecule has 2 heterocycles. The van der Waals surface area contributed by atoms with Gasteiger partial charge in [-0.05, 0) is 88.3 Å². The number of ketones is 2. The molecule has 396 valence electrons. The van der Waals surface area contributed by atoms with E-state index in [0.29, 0.717) is 12.8 Å². The predicted octanol–water partition coefficient (Wildman–Crippen LogP) is -4.73. The van der Waals surface area contributed by atoms with Crippen LogP contribution in [0.3, 0.4) is 0 Å². The second kappa shape index (κ2) is 21.9. The first-order valence-electron chi connectivity index (χ1n) is 24.6. The fraction of sp³-hybridized carbons (Fsp3) is 0.830. The van der Waals surface area contributed by atoms with Crippen molar-refractivity contribution in [1.82, 2.24) is 5.32 Å². The van der Waals surface area contributed by atoms with Crippen molar-refractivity contribution in [3.63, 3.8) is 0 Å². The Morgan fingerprint density at radius 3 is 2.24 bits per heavy atom. The van der Waals surface area contributed by atoms with Crippen LogP contribution < -0.4 is 28.3 Å². The SMILES string of the molecule is C[C@]12C=CC(=O)C=C1CCC1C2[C@@H](O)C[C@@]2(C)C1CC[C@]2(O)C(=O)CCCCC(=O)O[C@H]1[C@H](N)[C@@H](O)[C@@H](O[C@@H]2[C@@H](O)[C@H](O[C@H]3O[C@H](CN)[C@@H](O)[C@H](O)[C@H]3O)[C@@H](N)C[C@H]2NC(=O)[C@@H](O)CCN)O[C@@H]1CO. The Bertz CT molecular complexity index is 1960. The van der Waals surface area contributed by atoms with Crippen molar-refractivity contribution in [3.8, 4) is 0 Å². The average molecular weight is 998 g/mol. The Kier molecular flexibility index (Phi) is 17.1. The molecule has 0 aromatic rings. The molecule has 6 fully saturated rings. The number of carbonyl (C=O) groups is 4. The minimum Gasteiger partial charge on any atom is -0.458 e. The minimum atomic E-state index is -1.83. The van der Waals surface area contributed by atoms with Gasteiger partial charge in [0.15, 0.2) is 24.1 Å². The molecule has 18 N–H and O–H groups in total. The van der Waals surface area contributed by atoms with E-state index >= 15 is 0 Å². The average Bonchev–Trinajstić information content (AvgIpc) is 3.59. The molecule has 7 rings (SSSR count). The summed E-state index contributed by atoms with van der Waals surface area (Å²) in [7, 11) is 0. The maximum atomic E-state index is 13.9. The molecule has 70 heavy (non-hydrogen) atoms. The van der Waals surface area contributed by atoms with Gasteiger partial charge >= 0.3 is 5.97 Å². The number of Topliss-reactive ketones (excluding diaryl/α,β-unsaturated/α-hetero) is 1. The zero-order chi connectivity index (χ0) is 51.2. The van der Waals surface area contributed by atoms with Crippen LogP contribution in [0.15, 0.2) is 23.8 Å². The summed E-state index contributed by atoms with van der Waals surface area (Å²) in [6.45, 7) is 2.84. The molecule has 0 aromatic heterocycles. The minimum absolute atomic E-state index is 0.0236. The number of hydrogen-bond donors (Lipinski definition) is 14. The van der Waals surface area contributed by atoms with Crippen molar-refractivity contribution in [2.24, 2.45) is 51.5 Å².